The van der Waals surface area contributed by atoms with Gasteiger partial charge in [-0.25, -0.2) is 0 Å². The summed E-state index contributed by atoms with van der Waals surface area (Å²) in [5, 5.41) is 6.55. The van der Waals surface area contributed by atoms with Crippen molar-refractivity contribution in [2.24, 2.45) is 11.8 Å². The minimum Gasteiger partial charge on any atom is -0.355 e. The van der Waals surface area contributed by atoms with Crippen LogP contribution in [0.2, 0.25) is 0 Å². The highest BCUT2D eigenvalue weighted by atomic mass is 16.2. The summed E-state index contributed by atoms with van der Waals surface area (Å²) in [5.41, 5.74) is 2.89. The third-order valence-corrected chi connectivity index (χ3v) is 5.07. The second kappa shape index (κ2) is 4.88. The molecule has 0 aliphatic heterocycles. The van der Waals surface area contributed by atoms with E-state index in [-0.39, 0.29) is 11.8 Å². The Morgan fingerprint density at radius 1 is 1.15 bits per heavy atom. The van der Waals surface area contributed by atoms with Crippen LogP contribution in [0.1, 0.15) is 36.3 Å². The van der Waals surface area contributed by atoms with Gasteiger partial charge in [-0.15, -0.1) is 0 Å². The van der Waals surface area contributed by atoms with E-state index in [4.69, 9.17) is 0 Å². The van der Waals surface area contributed by atoms with Gasteiger partial charge in [0.1, 0.15) is 0 Å². The number of nitrogens with one attached hydrogen (secondary N) is 2. The Bertz CT molecular complexity index is 523. The molecule has 0 spiro atoms. The maximum Gasteiger partial charge on any atom is 0.224 e. The lowest BCUT2D eigenvalue weighted by Crippen LogP contribution is -2.34. The van der Waals surface area contributed by atoms with Crippen molar-refractivity contribution in [1.82, 2.24) is 10.6 Å². The van der Waals surface area contributed by atoms with Crippen LogP contribution in [0.15, 0.2) is 24.3 Å². The minimum atomic E-state index is 0.236. The van der Waals surface area contributed by atoms with E-state index >= 15 is 0 Å². The highest BCUT2D eigenvalue weighted by Crippen LogP contribution is 2.59. The second-order valence-electron chi connectivity index (χ2n) is 6.47. The number of hydrogen-bond acceptors (Lipinski definition) is 2. The first kappa shape index (κ1) is 12.4. The summed E-state index contributed by atoms with van der Waals surface area (Å²) >= 11 is 0. The molecule has 1 aromatic rings. The molecular weight excluding hydrogens is 248 g/mol. The highest BCUT2D eigenvalue weighted by molar-refractivity contribution is 5.84. The molecule has 0 saturated heterocycles. The van der Waals surface area contributed by atoms with E-state index in [9.17, 15) is 4.79 Å². The molecule has 3 aliphatic rings. The number of carbonyl (C=O) groups is 1. The van der Waals surface area contributed by atoms with Crippen LogP contribution in [-0.2, 0) is 11.2 Å². The van der Waals surface area contributed by atoms with Gasteiger partial charge in [-0.2, -0.15) is 0 Å². The van der Waals surface area contributed by atoms with Crippen LogP contribution >= 0.6 is 0 Å². The summed E-state index contributed by atoms with van der Waals surface area (Å²) in [6.07, 6.45) is 4.93. The van der Waals surface area contributed by atoms with Crippen LogP contribution in [0.4, 0.5) is 0 Å². The van der Waals surface area contributed by atoms with Crippen LogP contribution in [0.25, 0.3) is 0 Å². The zero-order valence-corrected chi connectivity index (χ0v) is 11.8. The van der Waals surface area contributed by atoms with Crippen molar-refractivity contribution >= 4 is 5.91 Å². The molecule has 3 atom stereocenters. The summed E-state index contributed by atoms with van der Waals surface area (Å²) < 4.78 is 0. The molecule has 3 heteroatoms. The van der Waals surface area contributed by atoms with E-state index in [0.29, 0.717) is 11.8 Å². The van der Waals surface area contributed by atoms with E-state index in [1.807, 2.05) is 0 Å². The van der Waals surface area contributed by atoms with Gasteiger partial charge in [0, 0.05) is 25.0 Å². The van der Waals surface area contributed by atoms with E-state index in [0.717, 1.165) is 25.6 Å². The molecule has 106 valence electrons. The smallest absolute Gasteiger partial charge is 0.224 e. The second-order valence-corrected chi connectivity index (χ2v) is 6.47. The number of hydrogen-bond donors (Lipinski definition) is 2. The van der Waals surface area contributed by atoms with E-state index in [1.54, 1.807) is 0 Å². The van der Waals surface area contributed by atoms with Gasteiger partial charge < -0.3 is 10.6 Å². The SMILES string of the molecule is O=C(NCCNC1CC1)C1C2CCc3ccccc3C21. The molecule has 0 heterocycles. The third-order valence-electron chi connectivity index (χ3n) is 5.07. The average Bonchev–Trinajstić information content (AvgIpc) is 3.36. The molecule has 20 heavy (non-hydrogen) atoms. The van der Waals surface area contributed by atoms with Crippen molar-refractivity contribution in [3.05, 3.63) is 35.4 Å². The van der Waals surface area contributed by atoms with Crippen LogP contribution in [0.5, 0.6) is 0 Å². The summed E-state index contributed by atoms with van der Waals surface area (Å²) in [6, 6.07) is 9.38. The first-order chi connectivity index (χ1) is 9.84. The van der Waals surface area contributed by atoms with E-state index in [1.165, 1.54) is 30.4 Å². The van der Waals surface area contributed by atoms with E-state index < -0.39 is 0 Å². The Kier molecular flexibility index (Phi) is 3.03. The fraction of sp³-hybridized carbons (Fsp3) is 0.588. The largest absolute Gasteiger partial charge is 0.355 e. The van der Waals surface area contributed by atoms with Gasteiger partial charge in [-0.05, 0) is 48.6 Å². The number of rotatable bonds is 5. The van der Waals surface area contributed by atoms with Crippen LogP contribution in [0, 0.1) is 11.8 Å². The molecular formula is C17H22N2O. The molecule has 1 aromatic carbocycles. The Labute approximate surface area is 120 Å². The highest BCUT2D eigenvalue weighted by Gasteiger charge is 2.56. The molecule has 3 unspecified atom stereocenters. The van der Waals surface area contributed by atoms with Crippen LogP contribution in [-0.4, -0.2) is 25.0 Å². The molecule has 0 aromatic heterocycles. The van der Waals surface area contributed by atoms with Gasteiger partial charge in [0.2, 0.25) is 5.91 Å². The summed E-state index contributed by atoms with van der Waals surface area (Å²) in [7, 11) is 0. The average molecular weight is 270 g/mol. The minimum absolute atomic E-state index is 0.236. The van der Waals surface area contributed by atoms with Crippen molar-refractivity contribution < 1.29 is 4.79 Å². The molecule has 2 saturated carbocycles. The number of fused-ring (bicyclic) bond motifs is 3. The number of benzene rings is 1. The number of aryl methyl sites for hydroxylation is 1. The Morgan fingerprint density at radius 3 is 2.85 bits per heavy atom. The molecule has 3 nitrogen and oxygen atoms in total. The van der Waals surface area contributed by atoms with Crippen LogP contribution in [0.3, 0.4) is 0 Å². The molecule has 1 amide bonds. The Morgan fingerprint density at radius 2 is 2.00 bits per heavy atom. The topological polar surface area (TPSA) is 41.1 Å². The zero-order valence-electron chi connectivity index (χ0n) is 11.8. The zero-order chi connectivity index (χ0) is 13.5. The molecule has 2 fully saturated rings. The van der Waals surface area contributed by atoms with Gasteiger partial charge >= 0.3 is 0 Å². The van der Waals surface area contributed by atoms with Crippen molar-refractivity contribution in [2.75, 3.05) is 13.1 Å². The Hall–Kier alpha value is -1.35. The summed E-state index contributed by atoms with van der Waals surface area (Å²) in [6.45, 7) is 1.68. The Balaban J connectivity index is 1.33. The monoisotopic (exact) mass is 270 g/mol. The van der Waals surface area contributed by atoms with Crippen molar-refractivity contribution in [3.8, 4) is 0 Å². The summed E-state index contributed by atoms with van der Waals surface area (Å²) in [5.74, 6) is 1.60. The number of amides is 1. The lowest BCUT2D eigenvalue weighted by molar-refractivity contribution is -0.122. The fourth-order valence-corrected chi connectivity index (χ4v) is 3.79. The molecule has 0 radical (unpaired) electrons. The number of carbonyl (C=O) groups excluding carboxylic acids is 1. The van der Waals surface area contributed by atoms with Crippen molar-refractivity contribution in [2.45, 2.75) is 37.6 Å². The van der Waals surface area contributed by atoms with Gasteiger partial charge in [-0.1, -0.05) is 24.3 Å². The van der Waals surface area contributed by atoms with Crippen LogP contribution < -0.4 is 10.6 Å². The quantitative estimate of drug-likeness (QED) is 0.802. The maximum atomic E-state index is 12.3. The van der Waals surface area contributed by atoms with Gasteiger partial charge in [0.05, 0.1) is 0 Å². The lowest BCUT2D eigenvalue weighted by atomic mass is 9.92. The fourth-order valence-electron chi connectivity index (χ4n) is 3.79. The predicted molar refractivity (Wildman–Crippen MR) is 78.5 cm³/mol. The van der Waals surface area contributed by atoms with Crippen molar-refractivity contribution in [1.29, 1.82) is 0 Å². The molecule has 0 bridgehead atoms. The summed E-state index contributed by atoms with van der Waals surface area (Å²) in [4.78, 5) is 12.3. The normalized spacial score (nSPS) is 30.3. The maximum absolute atomic E-state index is 12.3. The predicted octanol–water partition coefficient (Wildman–Crippen LogP) is 1.83. The lowest BCUT2D eigenvalue weighted by Gasteiger charge is -2.13. The first-order valence-electron chi connectivity index (χ1n) is 7.93. The first-order valence-corrected chi connectivity index (χ1v) is 7.93. The third kappa shape index (κ3) is 2.24. The van der Waals surface area contributed by atoms with E-state index in [2.05, 4.69) is 34.9 Å². The van der Waals surface area contributed by atoms with Gasteiger partial charge in [-0.3, -0.25) is 4.79 Å². The van der Waals surface area contributed by atoms with Gasteiger partial charge in [0.25, 0.3) is 0 Å². The standard InChI is InChI=1S/C17H22N2O/c20-17(19-10-9-18-12-6-7-12)16-14-8-5-11-3-1-2-4-13(11)15(14)16/h1-4,12,14-16,18H,5-10H2,(H,19,20). The molecule has 4 rings (SSSR count). The van der Waals surface area contributed by atoms with Crippen molar-refractivity contribution in [3.63, 3.8) is 0 Å². The molecule has 3 aliphatic carbocycles. The molecule has 2 N–H and O–H groups in total. The van der Waals surface area contributed by atoms with Gasteiger partial charge in [0.15, 0.2) is 0 Å².